The van der Waals surface area contributed by atoms with Gasteiger partial charge in [-0.1, -0.05) is 18.2 Å². The second-order valence-corrected chi connectivity index (χ2v) is 3.91. The Morgan fingerprint density at radius 1 is 0.944 bits per heavy atom. The molecular weight excluding hydrogens is 236 g/mol. The van der Waals surface area contributed by atoms with Gasteiger partial charge in [0.1, 0.15) is 11.6 Å². The molecule has 0 spiro atoms. The van der Waals surface area contributed by atoms with Gasteiger partial charge in [-0.05, 0) is 24.3 Å². The van der Waals surface area contributed by atoms with Crippen LogP contribution in [-0.4, -0.2) is 12.2 Å². The number of hydrogen-bond donors (Lipinski definition) is 1. The zero-order valence-corrected chi connectivity index (χ0v) is 9.90. The zero-order chi connectivity index (χ0) is 13.1. The van der Waals surface area contributed by atoms with Crippen LogP contribution in [-0.2, 0) is 6.61 Å². The maximum atomic E-state index is 13.7. The van der Waals surface area contributed by atoms with Crippen molar-refractivity contribution >= 4 is 11.4 Å². The van der Waals surface area contributed by atoms with Crippen LogP contribution in [0.25, 0.3) is 0 Å². The molecular formula is C14H13F2NO. The highest BCUT2D eigenvalue weighted by atomic mass is 19.1. The Labute approximate surface area is 104 Å². The second-order valence-electron chi connectivity index (χ2n) is 3.91. The quantitative estimate of drug-likeness (QED) is 0.902. The molecule has 0 saturated heterocycles. The standard InChI is InChI=1S/C14H13F2NO/c1-17(14-7-3-2-5-12(14)16)13-8-4-6-11(15)10(13)9-18/h2-8,18H,9H2,1H3. The molecule has 4 heteroatoms. The first kappa shape index (κ1) is 12.5. The molecule has 0 bridgehead atoms. The van der Waals surface area contributed by atoms with Crippen LogP contribution in [0.15, 0.2) is 42.5 Å². The molecule has 0 aliphatic carbocycles. The number of nitrogens with zero attached hydrogens (tertiary/aromatic N) is 1. The normalized spacial score (nSPS) is 10.4. The highest BCUT2D eigenvalue weighted by Gasteiger charge is 2.14. The molecule has 0 amide bonds. The number of para-hydroxylation sites is 1. The number of anilines is 2. The van der Waals surface area contributed by atoms with Gasteiger partial charge in [0, 0.05) is 18.3 Å². The molecule has 2 nitrogen and oxygen atoms in total. The summed E-state index contributed by atoms with van der Waals surface area (Å²) in [5.41, 5.74) is 0.934. The fraction of sp³-hybridized carbons (Fsp3) is 0.143. The van der Waals surface area contributed by atoms with E-state index in [1.54, 1.807) is 31.3 Å². The Morgan fingerprint density at radius 2 is 1.56 bits per heavy atom. The van der Waals surface area contributed by atoms with E-state index < -0.39 is 18.2 Å². The average molecular weight is 249 g/mol. The SMILES string of the molecule is CN(c1ccccc1F)c1cccc(F)c1CO. The molecule has 0 aliphatic rings. The van der Waals surface area contributed by atoms with E-state index in [1.807, 2.05) is 0 Å². The topological polar surface area (TPSA) is 23.5 Å². The van der Waals surface area contributed by atoms with Gasteiger partial charge in [-0.15, -0.1) is 0 Å². The highest BCUT2D eigenvalue weighted by molar-refractivity contribution is 5.66. The molecule has 18 heavy (non-hydrogen) atoms. The lowest BCUT2D eigenvalue weighted by molar-refractivity contribution is 0.276. The van der Waals surface area contributed by atoms with E-state index in [2.05, 4.69) is 0 Å². The number of aliphatic hydroxyl groups is 1. The predicted octanol–water partition coefficient (Wildman–Crippen LogP) is 3.23. The molecule has 0 radical (unpaired) electrons. The fourth-order valence-corrected chi connectivity index (χ4v) is 1.87. The molecule has 0 saturated carbocycles. The van der Waals surface area contributed by atoms with E-state index in [4.69, 9.17) is 0 Å². The van der Waals surface area contributed by atoms with E-state index >= 15 is 0 Å². The third kappa shape index (κ3) is 2.19. The highest BCUT2D eigenvalue weighted by Crippen LogP contribution is 2.30. The van der Waals surface area contributed by atoms with Crippen molar-refractivity contribution in [2.24, 2.45) is 0 Å². The van der Waals surface area contributed by atoms with Gasteiger partial charge in [0.25, 0.3) is 0 Å². The molecule has 0 fully saturated rings. The van der Waals surface area contributed by atoms with Gasteiger partial charge in [0.15, 0.2) is 0 Å². The summed E-state index contributed by atoms with van der Waals surface area (Å²) >= 11 is 0. The lowest BCUT2D eigenvalue weighted by atomic mass is 10.1. The van der Waals surface area contributed by atoms with Gasteiger partial charge in [0.2, 0.25) is 0 Å². The first-order chi connectivity index (χ1) is 8.65. The first-order valence-corrected chi connectivity index (χ1v) is 5.51. The molecule has 0 unspecified atom stereocenters. The predicted molar refractivity (Wildman–Crippen MR) is 66.8 cm³/mol. The smallest absolute Gasteiger partial charge is 0.146 e. The van der Waals surface area contributed by atoms with Crippen molar-refractivity contribution in [2.75, 3.05) is 11.9 Å². The minimum atomic E-state index is -0.502. The molecule has 1 N–H and O–H groups in total. The summed E-state index contributed by atoms with van der Waals surface area (Å²) in [5, 5.41) is 9.20. The van der Waals surface area contributed by atoms with Crippen molar-refractivity contribution in [3.63, 3.8) is 0 Å². The third-order valence-electron chi connectivity index (χ3n) is 2.83. The molecule has 94 valence electrons. The molecule has 2 rings (SSSR count). The minimum absolute atomic E-state index is 0.156. The van der Waals surface area contributed by atoms with Crippen LogP contribution in [0.2, 0.25) is 0 Å². The van der Waals surface area contributed by atoms with Gasteiger partial charge < -0.3 is 10.0 Å². The summed E-state index contributed by atoms with van der Waals surface area (Å²) in [6, 6.07) is 10.7. The number of aliphatic hydroxyl groups excluding tert-OH is 1. The summed E-state index contributed by atoms with van der Waals surface area (Å²) in [4.78, 5) is 1.52. The van der Waals surface area contributed by atoms with Gasteiger partial charge in [-0.3, -0.25) is 0 Å². The van der Waals surface area contributed by atoms with Gasteiger partial charge in [0.05, 0.1) is 12.3 Å². The minimum Gasteiger partial charge on any atom is -0.391 e. The van der Waals surface area contributed by atoms with E-state index in [-0.39, 0.29) is 5.56 Å². The molecule has 0 heterocycles. The Morgan fingerprint density at radius 3 is 2.22 bits per heavy atom. The van der Waals surface area contributed by atoms with Crippen molar-refractivity contribution in [1.29, 1.82) is 0 Å². The van der Waals surface area contributed by atoms with Crippen LogP contribution in [0.3, 0.4) is 0 Å². The molecule has 2 aromatic carbocycles. The van der Waals surface area contributed by atoms with E-state index in [1.165, 1.54) is 23.1 Å². The number of halogens is 2. The largest absolute Gasteiger partial charge is 0.391 e. The second kappa shape index (κ2) is 5.14. The molecule has 0 atom stereocenters. The summed E-state index contributed by atoms with van der Waals surface area (Å²) in [6.07, 6.45) is 0. The van der Waals surface area contributed by atoms with Gasteiger partial charge in [-0.2, -0.15) is 0 Å². The van der Waals surface area contributed by atoms with E-state index in [9.17, 15) is 13.9 Å². The van der Waals surface area contributed by atoms with Crippen molar-refractivity contribution in [3.8, 4) is 0 Å². The Kier molecular flexibility index (Phi) is 3.58. The molecule has 2 aromatic rings. The van der Waals surface area contributed by atoms with Crippen molar-refractivity contribution in [2.45, 2.75) is 6.61 Å². The van der Waals surface area contributed by atoms with E-state index in [0.717, 1.165) is 0 Å². The summed E-state index contributed by atoms with van der Waals surface area (Å²) in [7, 11) is 1.63. The van der Waals surface area contributed by atoms with Gasteiger partial charge >= 0.3 is 0 Å². The Balaban J connectivity index is 2.50. The lowest BCUT2D eigenvalue weighted by Gasteiger charge is -2.22. The third-order valence-corrected chi connectivity index (χ3v) is 2.83. The average Bonchev–Trinajstić information content (AvgIpc) is 2.38. The van der Waals surface area contributed by atoms with Crippen molar-refractivity contribution < 1.29 is 13.9 Å². The molecule has 0 aromatic heterocycles. The summed E-state index contributed by atoms with van der Waals surface area (Å²) < 4.78 is 27.2. The fourth-order valence-electron chi connectivity index (χ4n) is 1.87. The van der Waals surface area contributed by atoms with Crippen LogP contribution < -0.4 is 4.90 Å². The summed E-state index contributed by atoms with van der Waals surface area (Å²) in [5.74, 6) is -0.897. The maximum absolute atomic E-state index is 13.7. The van der Waals surface area contributed by atoms with Gasteiger partial charge in [-0.25, -0.2) is 8.78 Å². The van der Waals surface area contributed by atoms with Crippen molar-refractivity contribution in [3.05, 3.63) is 59.7 Å². The van der Waals surface area contributed by atoms with Crippen LogP contribution >= 0.6 is 0 Å². The Hall–Kier alpha value is -1.94. The van der Waals surface area contributed by atoms with E-state index in [0.29, 0.717) is 11.4 Å². The number of hydrogen-bond acceptors (Lipinski definition) is 2. The van der Waals surface area contributed by atoms with Crippen molar-refractivity contribution in [1.82, 2.24) is 0 Å². The van der Waals surface area contributed by atoms with Crippen LogP contribution in [0.4, 0.5) is 20.2 Å². The molecule has 0 aliphatic heterocycles. The number of benzene rings is 2. The van der Waals surface area contributed by atoms with Crippen LogP contribution in [0.5, 0.6) is 0 Å². The first-order valence-electron chi connectivity index (χ1n) is 5.51. The van der Waals surface area contributed by atoms with Crippen LogP contribution in [0, 0.1) is 11.6 Å². The maximum Gasteiger partial charge on any atom is 0.146 e. The lowest BCUT2D eigenvalue weighted by Crippen LogP contribution is -2.14. The number of rotatable bonds is 3. The van der Waals surface area contributed by atoms with Crippen LogP contribution in [0.1, 0.15) is 5.56 Å². The monoisotopic (exact) mass is 249 g/mol. The summed E-state index contributed by atoms with van der Waals surface area (Å²) in [6.45, 7) is -0.430. The Bertz CT molecular complexity index is 557. The zero-order valence-electron chi connectivity index (χ0n) is 9.90.